The van der Waals surface area contributed by atoms with Crippen LogP contribution in [0, 0.1) is 0 Å². The average Bonchev–Trinajstić information content (AvgIpc) is 2.64. The average molecular weight is 329 g/mol. The number of benzene rings is 2. The van der Waals surface area contributed by atoms with Gasteiger partial charge in [0.1, 0.15) is 0 Å². The van der Waals surface area contributed by atoms with Crippen molar-refractivity contribution < 1.29 is 0 Å². The first kappa shape index (κ1) is 20.4. The van der Waals surface area contributed by atoms with Gasteiger partial charge in [0.15, 0.2) is 0 Å². The molecule has 0 atom stereocenters. The molecule has 0 amide bonds. The third-order valence-electron chi connectivity index (χ3n) is 2.84. The molecule has 22 heavy (non-hydrogen) atoms. The molecule has 0 saturated heterocycles. The molecule has 2 heteroatoms. The van der Waals surface area contributed by atoms with E-state index in [0.29, 0.717) is 0 Å². The molecule has 116 valence electrons. The molecule has 0 nitrogen and oxygen atoms in total. The lowest BCUT2D eigenvalue weighted by atomic mass is 10.0. The third-order valence-corrected chi connectivity index (χ3v) is 2.84. The highest BCUT2D eigenvalue weighted by Crippen LogP contribution is 2.22. The lowest BCUT2D eigenvalue weighted by Gasteiger charge is -2.05. The molecule has 2 aromatic carbocycles. The van der Waals surface area contributed by atoms with Crippen LogP contribution in [0.15, 0.2) is 86.0 Å². The van der Waals surface area contributed by atoms with Gasteiger partial charge in [0.25, 0.3) is 0 Å². The standard InChI is InChI=1S/C18H16.2CH4S/c1-3-8-15(4-2)17-11-13-18(14-12-17)16-9-6-5-7-10-16;2*1-2/h3-14H,1-2H2;2*2H,1H3/b15-8+;;. The summed E-state index contributed by atoms with van der Waals surface area (Å²) in [7, 11) is 0. The summed E-state index contributed by atoms with van der Waals surface area (Å²) in [5, 5.41) is 0. The Morgan fingerprint density at radius 1 is 0.773 bits per heavy atom. The Hall–Kier alpha value is -1.64. The zero-order valence-electron chi connectivity index (χ0n) is 13.2. The summed E-state index contributed by atoms with van der Waals surface area (Å²) in [4.78, 5) is 0. The van der Waals surface area contributed by atoms with Gasteiger partial charge in [-0.15, -0.1) is 0 Å². The molecule has 0 saturated carbocycles. The van der Waals surface area contributed by atoms with Gasteiger partial charge in [0.05, 0.1) is 0 Å². The van der Waals surface area contributed by atoms with E-state index in [1.54, 1.807) is 18.6 Å². The molecule has 0 aliphatic rings. The fourth-order valence-electron chi connectivity index (χ4n) is 1.89. The Morgan fingerprint density at radius 3 is 1.73 bits per heavy atom. The minimum Gasteiger partial charge on any atom is -0.183 e. The third kappa shape index (κ3) is 6.42. The first-order chi connectivity index (χ1) is 10.8. The van der Waals surface area contributed by atoms with Crippen molar-refractivity contribution in [2.75, 3.05) is 12.5 Å². The summed E-state index contributed by atoms with van der Waals surface area (Å²) >= 11 is 7.06. The highest BCUT2D eigenvalue weighted by molar-refractivity contribution is 7.79. The van der Waals surface area contributed by atoms with Gasteiger partial charge in [-0.2, -0.15) is 25.3 Å². The van der Waals surface area contributed by atoms with Crippen molar-refractivity contribution in [1.82, 2.24) is 0 Å². The van der Waals surface area contributed by atoms with E-state index in [-0.39, 0.29) is 0 Å². The molecule has 0 fully saturated rings. The summed E-state index contributed by atoms with van der Waals surface area (Å²) in [5.74, 6) is 0. The molecular weight excluding hydrogens is 304 g/mol. The monoisotopic (exact) mass is 328 g/mol. The summed E-state index contributed by atoms with van der Waals surface area (Å²) in [5.41, 5.74) is 4.70. The quantitative estimate of drug-likeness (QED) is 0.484. The number of hydrogen-bond acceptors (Lipinski definition) is 2. The van der Waals surface area contributed by atoms with Gasteiger partial charge in [-0.1, -0.05) is 86.0 Å². The van der Waals surface area contributed by atoms with Crippen molar-refractivity contribution in [3.8, 4) is 11.1 Å². The molecule has 2 rings (SSSR count). The van der Waals surface area contributed by atoms with Crippen molar-refractivity contribution in [3.63, 3.8) is 0 Å². The summed E-state index contributed by atoms with van der Waals surface area (Å²) in [6, 6.07) is 18.8. The van der Waals surface area contributed by atoms with Crippen LogP contribution in [0.1, 0.15) is 5.56 Å². The van der Waals surface area contributed by atoms with Crippen molar-refractivity contribution in [1.29, 1.82) is 0 Å². The van der Waals surface area contributed by atoms with Crippen molar-refractivity contribution in [2.24, 2.45) is 0 Å². The minimum atomic E-state index is 1.09. The maximum Gasteiger partial charge on any atom is -0.0184 e. The SMILES string of the molecule is C=C/C=C(\C=C)c1ccc(-c2ccccc2)cc1.CS.CS. The van der Waals surface area contributed by atoms with E-state index < -0.39 is 0 Å². The van der Waals surface area contributed by atoms with E-state index in [1.807, 2.05) is 18.2 Å². The first-order valence-corrected chi connectivity index (χ1v) is 8.64. The highest BCUT2D eigenvalue weighted by atomic mass is 32.1. The van der Waals surface area contributed by atoms with Gasteiger partial charge in [-0.3, -0.25) is 0 Å². The molecule has 0 unspecified atom stereocenters. The second kappa shape index (κ2) is 13.1. The molecule has 0 aromatic heterocycles. The number of hydrogen-bond donors (Lipinski definition) is 2. The molecule has 0 N–H and O–H groups in total. The molecular formula is C20H24S2. The van der Waals surface area contributed by atoms with Crippen LogP contribution in [-0.2, 0) is 0 Å². The van der Waals surface area contributed by atoms with Crippen LogP contribution >= 0.6 is 25.3 Å². The van der Waals surface area contributed by atoms with Gasteiger partial charge < -0.3 is 0 Å². The molecule has 2 aromatic rings. The van der Waals surface area contributed by atoms with E-state index >= 15 is 0 Å². The maximum absolute atomic E-state index is 3.82. The van der Waals surface area contributed by atoms with E-state index in [4.69, 9.17) is 0 Å². The Kier molecular flexibility index (Phi) is 12.1. The van der Waals surface area contributed by atoms with E-state index in [1.165, 1.54) is 11.1 Å². The van der Waals surface area contributed by atoms with Gasteiger partial charge in [-0.25, -0.2) is 0 Å². The predicted octanol–water partition coefficient (Wildman–Crippen LogP) is 6.20. The van der Waals surface area contributed by atoms with E-state index in [0.717, 1.165) is 11.1 Å². The van der Waals surface area contributed by atoms with Crippen LogP contribution in [-0.4, -0.2) is 12.5 Å². The van der Waals surface area contributed by atoms with Crippen LogP contribution in [0.5, 0.6) is 0 Å². The predicted molar refractivity (Wildman–Crippen MR) is 110 cm³/mol. The van der Waals surface area contributed by atoms with Crippen molar-refractivity contribution >= 4 is 30.8 Å². The van der Waals surface area contributed by atoms with Crippen molar-refractivity contribution in [3.05, 3.63) is 91.5 Å². The lowest BCUT2D eigenvalue weighted by Crippen LogP contribution is -1.82. The second-order valence-corrected chi connectivity index (χ2v) is 4.01. The minimum absolute atomic E-state index is 1.09. The van der Waals surface area contributed by atoms with Gasteiger partial charge >= 0.3 is 0 Å². The Bertz CT molecular complexity index is 566. The van der Waals surface area contributed by atoms with Gasteiger partial charge in [-0.05, 0) is 34.8 Å². The first-order valence-electron chi connectivity index (χ1n) is 6.85. The largest absolute Gasteiger partial charge is 0.183 e. The number of thiol groups is 2. The lowest BCUT2D eigenvalue weighted by molar-refractivity contribution is 1.58. The van der Waals surface area contributed by atoms with Crippen molar-refractivity contribution in [2.45, 2.75) is 0 Å². The zero-order chi connectivity index (χ0) is 16.8. The summed E-state index contributed by atoms with van der Waals surface area (Å²) in [6.45, 7) is 7.54. The Morgan fingerprint density at radius 2 is 1.27 bits per heavy atom. The summed E-state index contributed by atoms with van der Waals surface area (Å²) in [6.07, 6.45) is 8.98. The van der Waals surface area contributed by atoms with Crippen LogP contribution < -0.4 is 0 Å². The number of allylic oxidation sites excluding steroid dienone is 4. The van der Waals surface area contributed by atoms with Crippen LogP contribution in [0.2, 0.25) is 0 Å². The molecule has 0 bridgehead atoms. The van der Waals surface area contributed by atoms with E-state index in [9.17, 15) is 0 Å². The second-order valence-electron chi connectivity index (χ2n) is 4.01. The molecule has 0 radical (unpaired) electrons. The Balaban J connectivity index is 0.00000102. The van der Waals surface area contributed by atoms with Gasteiger partial charge in [0, 0.05) is 0 Å². The molecule has 0 spiro atoms. The topological polar surface area (TPSA) is 0 Å². The van der Waals surface area contributed by atoms with E-state index in [2.05, 4.69) is 86.9 Å². The van der Waals surface area contributed by atoms with Crippen LogP contribution in [0.3, 0.4) is 0 Å². The smallest absolute Gasteiger partial charge is 0.0184 e. The zero-order valence-corrected chi connectivity index (χ0v) is 15.0. The highest BCUT2D eigenvalue weighted by Gasteiger charge is 1.99. The van der Waals surface area contributed by atoms with Crippen LogP contribution in [0.25, 0.3) is 16.7 Å². The number of rotatable bonds is 4. The fourth-order valence-corrected chi connectivity index (χ4v) is 1.89. The fraction of sp³-hybridized carbons (Fsp3) is 0.100. The molecule has 0 aliphatic carbocycles. The summed E-state index contributed by atoms with van der Waals surface area (Å²) < 4.78 is 0. The molecule has 0 aliphatic heterocycles. The van der Waals surface area contributed by atoms with Gasteiger partial charge in [0.2, 0.25) is 0 Å². The van der Waals surface area contributed by atoms with Crippen LogP contribution in [0.4, 0.5) is 0 Å². The normalized spacial score (nSPS) is 9.55. The maximum atomic E-state index is 3.82. The Labute approximate surface area is 146 Å². The molecule has 0 heterocycles.